The minimum atomic E-state index is -0.537. The molecular weight excluding hydrogens is 374 g/mol. The summed E-state index contributed by atoms with van der Waals surface area (Å²) in [7, 11) is 0. The van der Waals surface area contributed by atoms with E-state index >= 15 is 0 Å². The number of carbonyl (C=O) groups excluding carboxylic acids is 1. The van der Waals surface area contributed by atoms with Gasteiger partial charge in [-0.1, -0.05) is 52.0 Å². The Hall–Kier alpha value is -2.49. The largest absolute Gasteiger partial charge is 0.487 e. The van der Waals surface area contributed by atoms with Gasteiger partial charge in [-0.2, -0.15) is 0 Å². The summed E-state index contributed by atoms with van der Waals surface area (Å²) in [5.74, 6) is 1.48. The summed E-state index contributed by atoms with van der Waals surface area (Å²) in [4.78, 5) is 13.1. The van der Waals surface area contributed by atoms with E-state index in [0.29, 0.717) is 18.6 Å². The van der Waals surface area contributed by atoms with Gasteiger partial charge >= 0.3 is 0 Å². The number of fused-ring (bicyclic) bond motifs is 1. The first-order valence-corrected chi connectivity index (χ1v) is 10.9. The van der Waals surface area contributed by atoms with E-state index in [9.17, 15) is 4.79 Å². The normalized spacial score (nSPS) is 18.7. The molecule has 0 saturated heterocycles. The Morgan fingerprint density at radius 3 is 2.47 bits per heavy atom. The lowest BCUT2D eigenvalue weighted by molar-refractivity contribution is -0.129. The van der Waals surface area contributed by atoms with Gasteiger partial charge in [0.1, 0.15) is 17.1 Å². The summed E-state index contributed by atoms with van der Waals surface area (Å²) < 4.78 is 12.2. The Kier molecular flexibility index (Phi) is 6.16. The van der Waals surface area contributed by atoms with Gasteiger partial charge in [-0.25, -0.2) is 0 Å². The fourth-order valence-electron chi connectivity index (χ4n) is 3.87. The number of carbonyl (C=O) groups is 1. The summed E-state index contributed by atoms with van der Waals surface area (Å²) in [6, 6.07) is 14.1. The number of hydrogen-bond acceptors (Lipinski definition) is 3. The summed E-state index contributed by atoms with van der Waals surface area (Å²) in [6.45, 7) is 14.7. The Bertz CT molecular complexity index is 893. The fourth-order valence-corrected chi connectivity index (χ4v) is 3.87. The molecule has 2 aromatic carbocycles. The molecule has 30 heavy (non-hydrogen) atoms. The van der Waals surface area contributed by atoms with Crippen molar-refractivity contribution in [3.05, 3.63) is 59.2 Å². The van der Waals surface area contributed by atoms with E-state index in [0.717, 1.165) is 16.9 Å². The molecule has 2 atom stereocenters. The summed E-state index contributed by atoms with van der Waals surface area (Å²) in [6.07, 6.45) is 0.775. The predicted molar refractivity (Wildman–Crippen MR) is 121 cm³/mol. The van der Waals surface area contributed by atoms with Crippen LogP contribution in [0.15, 0.2) is 42.5 Å². The summed E-state index contributed by atoms with van der Waals surface area (Å²) >= 11 is 0. The van der Waals surface area contributed by atoms with Crippen LogP contribution in [0.25, 0.3) is 0 Å². The Balaban J connectivity index is 1.74. The van der Waals surface area contributed by atoms with Crippen molar-refractivity contribution in [2.24, 2.45) is 0 Å². The maximum absolute atomic E-state index is 13.1. The van der Waals surface area contributed by atoms with Crippen molar-refractivity contribution in [2.75, 3.05) is 0 Å². The Morgan fingerprint density at radius 1 is 1.20 bits per heavy atom. The second-order valence-electron chi connectivity index (χ2n) is 9.96. The van der Waals surface area contributed by atoms with E-state index < -0.39 is 6.10 Å². The van der Waals surface area contributed by atoms with E-state index in [-0.39, 0.29) is 23.0 Å². The minimum absolute atomic E-state index is 0.0850. The first-order chi connectivity index (χ1) is 14.0. The average Bonchev–Trinajstić information content (AvgIpc) is 2.64. The molecule has 1 aliphatic rings. The van der Waals surface area contributed by atoms with Gasteiger partial charge in [-0.3, -0.25) is 4.79 Å². The molecule has 162 valence electrons. The molecule has 2 aromatic rings. The third-order valence-electron chi connectivity index (χ3n) is 5.60. The highest BCUT2D eigenvalue weighted by Crippen LogP contribution is 2.40. The standard InChI is InChI=1S/C26H35NO3/c1-8-22(29-19-12-10-18(11-13-19)25(3,4)5)24(28)27-21-16-26(6,7)30-23-15-17(2)9-14-20(21)23/h9-15,21-22H,8,16H2,1-7H3,(H,27,28). The van der Waals surface area contributed by atoms with E-state index in [1.54, 1.807) is 0 Å². The molecule has 0 aliphatic carbocycles. The van der Waals surface area contributed by atoms with E-state index in [1.165, 1.54) is 5.56 Å². The first-order valence-electron chi connectivity index (χ1n) is 10.9. The average molecular weight is 410 g/mol. The molecule has 0 bridgehead atoms. The number of rotatable bonds is 5. The van der Waals surface area contributed by atoms with Crippen LogP contribution in [-0.4, -0.2) is 17.6 Å². The lowest BCUT2D eigenvalue weighted by Gasteiger charge is -2.38. The number of benzene rings is 2. The molecule has 1 N–H and O–H groups in total. The van der Waals surface area contributed by atoms with Gasteiger partial charge in [0, 0.05) is 12.0 Å². The lowest BCUT2D eigenvalue weighted by Crippen LogP contribution is -2.45. The van der Waals surface area contributed by atoms with Crippen molar-refractivity contribution >= 4 is 5.91 Å². The number of aryl methyl sites for hydroxylation is 1. The van der Waals surface area contributed by atoms with Crippen LogP contribution in [0, 0.1) is 6.92 Å². The molecule has 3 rings (SSSR count). The van der Waals surface area contributed by atoms with Crippen molar-refractivity contribution in [2.45, 2.75) is 84.5 Å². The van der Waals surface area contributed by atoms with Crippen molar-refractivity contribution in [3.63, 3.8) is 0 Å². The van der Waals surface area contributed by atoms with Crippen LogP contribution < -0.4 is 14.8 Å². The van der Waals surface area contributed by atoms with Crippen LogP contribution in [0.2, 0.25) is 0 Å². The highest BCUT2D eigenvalue weighted by Gasteiger charge is 2.35. The van der Waals surface area contributed by atoms with Crippen LogP contribution in [0.5, 0.6) is 11.5 Å². The molecule has 1 aliphatic heterocycles. The molecule has 0 saturated carbocycles. The van der Waals surface area contributed by atoms with E-state index in [1.807, 2.05) is 32.0 Å². The van der Waals surface area contributed by atoms with Crippen LogP contribution in [0.3, 0.4) is 0 Å². The first kappa shape index (κ1) is 22.2. The van der Waals surface area contributed by atoms with Gasteiger partial charge in [0.15, 0.2) is 6.10 Å². The molecule has 0 aromatic heterocycles. The zero-order valence-electron chi connectivity index (χ0n) is 19.3. The second kappa shape index (κ2) is 8.33. The second-order valence-corrected chi connectivity index (χ2v) is 9.96. The highest BCUT2D eigenvalue weighted by atomic mass is 16.5. The van der Waals surface area contributed by atoms with Gasteiger partial charge in [0.25, 0.3) is 5.91 Å². The maximum Gasteiger partial charge on any atom is 0.261 e. The molecule has 0 fully saturated rings. The van der Waals surface area contributed by atoms with Crippen molar-refractivity contribution in [3.8, 4) is 11.5 Å². The van der Waals surface area contributed by atoms with E-state index in [4.69, 9.17) is 9.47 Å². The Morgan fingerprint density at radius 2 is 1.87 bits per heavy atom. The van der Waals surface area contributed by atoms with Gasteiger partial charge in [-0.15, -0.1) is 0 Å². The number of hydrogen-bond donors (Lipinski definition) is 1. The van der Waals surface area contributed by atoms with E-state index in [2.05, 4.69) is 64.2 Å². The van der Waals surface area contributed by atoms with Crippen LogP contribution >= 0.6 is 0 Å². The Labute approximate surface area is 181 Å². The zero-order chi connectivity index (χ0) is 22.1. The van der Waals surface area contributed by atoms with Gasteiger partial charge < -0.3 is 14.8 Å². The molecule has 0 radical (unpaired) electrons. The third kappa shape index (κ3) is 5.16. The predicted octanol–water partition coefficient (Wildman–Crippen LogP) is 5.87. The lowest BCUT2D eigenvalue weighted by atomic mass is 9.87. The highest BCUT2D eigenvalue weighted by molar-refractivity contribution is 5.81. The van der Waals surface area contributed by atoms with Crippen LogP contribution in [0.1, 0.15) is 77.1 Å². The molecule has 1 amide bonds. The van der Waals surface area contributed by atoms with Gasteiger partial charge in [0.2, 0.25) is 0 Å². The summed E-state index contributed by atoms with van der Waals surface area (Å²) in [5.41, 5.74) is 3.15. The minimum Gasteiger partial charge on any atom is -0.487 e. The molecule has 4 heteroatoms. The molecule has 4 nitrogen and oxygen atoms in total. The quantitative estimate of drug-likeness (QED) is 0.672. The molecule has 1 heterocycles. The topological polar surface area (TPSA) is 47.6 Å². The van der Waals surface area contributed by atoms with Crippen molar-refractivity contribution in [1.29, 1.82) is 0 Å². The number of nitrogens with one attached hydrogen (secondary N) is 1. The molecular formula is C26H35NO3. The van der Waals surface area contributed by atoms with Gasteiger partial charge in [-0.05, 0) is 61.9 Å². The van der Waals surface area contributed by atoms with Gasteiger partial charge in [0.05, 0.1) is 6.04 Å². The SMILES string of the molecule is CCC(Oc1ccc(C(C)(C)C)cc1)C(=O)NC1CC(C)(C)Oc2cc(C)ccc21. The number of ether oxygens (including phenoxy) is 2. The summed E-state index contributed by atoms with van der Waals surface area (Å²) in [5, 5.41) is 3.21. The van der Waals surface area contributed by atoms with Crippen molar-refractivity contribution in [1.82, 2.24) is 5.32 Å². The fraction of sp³-hybridized carbons (Fsp3) is 0.500. The molecule has 2 unspecified atom stereocenters. The van der Waals surface area contributed by atoms with Crippen LogP contribution in [0.4, 0.5) is 0 Å². The third-order valence-corrected chi connectivity index (χ3v) is 5.60. The smallest absolute Gasteiger partial charge is 0.261 e. The maximum atomic E-state index is 13.1. The number of amides is 1. The van der Waals surface area contributed by atoms with Crippen molar-refractivity contribution < 1.29 is 14.3 Å². The molecule has 0 spiro atoms. The monoisotopic (exact) mass is 409 g/mol. The van der Waals surface area contributed by atoms with Crippen LogP contribution in [-0.2, 0) is 10.2 Å². The zero-order valence-corrected chi connectivity index (χ0v) is 19.3.